The molecule has 0 aromatic heterocycles. The van der Waals surface area contributed by atoms with Gasteiger partial charge in [-0.1, -0.05) is 88.6 Å². The summed E-state index contributed by atoms with van der Waals surface area (Å²) >= 11 is 0. The summed E-state index contributed by atoms with van der Waals surface area (Å²) in [4.78, 5) is 12.0. The molecule has 0 heterocycles. The van der Waals surface area contributed by atoms with Crippen molar-refractivity contribution in [1.82, 2.24) is 0 Å². The van der Waals surface area contributed by atoms with E-state index in [9.17, 15) is 4.79 Å². The van der Waals surface area contributed by atoms with Gasteiger partial charge in [-0.2, -0.15) is 0 Å². The van der Waals surface area contributed by atoms with Crippen molar-refractivity contribution in [2.75, 3.05) is 13.7 Å². The van der Waals surface area contributed by atoms with E-state index in [0.717, 1.165) is 12.0 Å². The zero-order valence-electron chi connectivity index (χ0n) is 18.5. The molecule has 4 nitrogen and oxygen atoms in total. The fourth-order valence-corrected chi connectivity index (χ4v) is 3.32. The van der Waals surface area contributed by atoms with Crippen LogP contribution >= 0.6 is 0 Å². The first-order chi connectivity index (χ1) is 14.7. The number of unbranched alkanes of at least 4 members (excludes halogenated alkanes) is 8. The molecule has 0 fully saturated rings. The summed E-state index contributed by atoms with van der Waals surface area (Å²) in [6.07, 6.45) is 11.5. The molecule has 0 atom stereocenters. The van der Waals surface area contributed by atoms with Gasteiger partial charge in [-0.3, -0.25) is 0 Å². The van der Waals surface area contributed by atoms with E-state index in [1.807, 2.05) is 36.4 Å². The highest BCUT2D eigenvalue weighted by molar-refractivity contribution is 5.90. The average molecular weight is 413 g/mol. The number of carbonyl (C=O) groups is 1. The van der Waals surface area contributed by atoms with E-state index >= 15 is 0 Å². The van der Waals surface area contributed by atoms with E-state index in [2.05, 4.69) is 6.92 Å². The Hall–Kier alpha value is -2.49. The smallest absolute Gasteiger partial charge is 0.338 e. The lowest BCUT2D eigenvalue weighted by Crippen LogP contribution is -2.05. The molecule has 4 heteroatoms. The van der Waals surface area contributed by atoms with Gasteiger partial charge in [0.25, 0.3) is 0 Å². The number of carbonyl (C=O) groups excluding carboxylic acids is 1. The molecule has 0 radical (unpaired) electrons. The Bertz CT molecular complexity index is 727. The Labute approximate surface area is 181 Å². The van der Waals surface area contributed by atoms with Crippen LogP contribution in [0.4, 0.5) is 0 Å². The second-order valence-corrected chi connectivity index (χ2v) is 7.64. The summed E-state index contributed by atoms with van der Waals surface area (Å²) in [5, 5.41) is 0. The third-order valence-corrected chi connectivity index (χ3v) is 5.07. The number of esters is 1. The molecular weight excluding hydrogens is 376 g/mol. The lowest BCUT2D eigenvalue weighted by atomic mass is 10.1. The Morgan fingerprint density at radius 3 is 2.00 bits per heavy atom. The predicted molar refractivity (Wildman–Crippen MR) is 121 cm³/mol. The second-order valence-electron chi connectivity index (χ2n) is 7.64. The molecule has 30 heavy (non-hydrogen) atoms. The summed E-state index contributed by atoms with van der Waals surface area (Å²) in [5.74, 6) is 0.845. The molecule has 0 unspecified atom stereocenters. The monoisotopic (exact) mass is 412 g/mol. The highest BCUT2D eigenvalue weighted by atomic mass is 16.5. The number of hydrogen-bond acceptors (Lipinski definition) is 4. The molecule has 0 aliphatic carbocycles. The number of rotatable bonds is 15. The van der Waals surface area contributed by atoms with Gasteiger partial charge in [0.1, 0.15) is 18.1 Å². The van der Waals surface area contributed by atoms with Gasteiger partial charge >= 0.3 is 5.97 Å². The van der Waals surface area contributed by atoms with Crippen LogP contribution in [0.1, 0.15) is 80.6 Å². The number of ether oxygens (including phenoxy) is 3. The van der Waals surface area contributed by atoms with Crippen molar-refractivity contribution >= 4 is 5.97 Å². The molecule has 0 bridgehead atoms. The molecule has 0 aliphatic heterocycles. The van der Waals surface area contributed by atoms with Crippen LogP contribution in [0.25, 0.3) is 0 Å². The molecule has 0 N–H and O–H groups in total. The lowest BCUT2D eigenvalue weighted by Gasteiger charge is -2.12. The van der Waals surface area contributed by atoms with Gasteiger partial charge in [-0.25, -0.2) is 4.79 Å². The second kappa shape index (κ2) is 14.5. The Balaban J connectivity index is 1.78. The van der Waals surface area contributed by atoms with Crippen molar-refractivity contribution in [1.29, 1.82) is 0 Å². The third kappa shape index (κ3) is 9.34. The molecular formula is C26H36O4. The van der Waals surface area contributed by atoms with Gasteiger partial charge in [0, 0.05) is 6.07 Å². The zero-order chi connectivity index (χ0) is 21.4. The number of benzene rings is 2. The lowest BCUT2D eigenvalue weighted by molar-refractivity contribution is 0.0599. The van der Waals surface area contributed by atoms with Crippen LogP contribution in [-0.2, 0) is 11.3 Å². The molecule has 2 aromatic rings. The van der Waals surface area contributed by atoms with Crippen LogP contribution in [-0.4, -0.2) is 19.7 Å². The van der Waals surface area contributed by atoms with Crippen molar-refractivity contribution in [3.63, 3.8) is 0 Å². The highest BCUT2D eigenvalue weighted by Gasteiger charge is 2.11. The van der Waals surface area contributed by atoms with E-state index < -0.39 is 5.97 Å². The van der Waals surface area contributed by atoms with Gasteiger partial charge in [0.15, 0.2) is 0 Å². The zero-order valence-corrected chi connectivity index (χ0v) is 18.5. The van der Waals surface area contributed by atoms with Crippen molar-refractivity contribution < 1.29 is 19.0 Å². The van der Waals surface area contributed by atoms with Gasteiger partial charge in [-0.15, -0.1) is 0 Å². The van der Waals surface area contributed by atoms with Crippen LogP contribution in [0.5, 0.6) is 11.5 Å². The maximum absolute atomic E-state index is 12.0. The first-order valence-corrected chi connectivity index (χ1v) is 11.3. The molecule has 0 saturated heterocycles. The first-order valence-electron chi connectivity index (χ1n) is 11.3. The van der Waals surface area contributed by atoms with E-state index in [4.69, 9.17) is 14.2 Å². The molecule has 2 rings (SSSR count). The topological polar surface area (TPSA) is 44.8 Å². The molecule has 164 valence electrons. The van der Waals surface area contributed by atoms with Crippen LogP contribution in [0.15, 0.2) is 48.5 Å². The quantitative estimate of drug-likeness (QED) is 0.234. The Morgan fingerprint density at radius 2 is 1.37 bits per heavy atom. The number of hydrogen-bond donors (Lipinski definition) is 0. The van der Waals surface area contributed by atoms with Crippen LogP contribution in [0.2, 0.25) is 0 Å². The Morgan fingerprint density at radius 1 is 0.767 bits per heavy atom. The molecule has 0 spiro atoms. The van der Waals surface area contributed by atoms with Crippen molar-refractivity contribution in [2.24, 2.45) is 0 Å². The fourth-order valence-electron chi connectivity index (χ4n) is 3.32. The van der Waals surface area contributed by atoms with E-state index in [1.54, 1.807) is 12.1 Å². The van der Waals surface area contributed by atoms with Crippen molar-refractivity contribution in [3.8, 4) is 11.5 Å². The average Bonchev–Trinajstić information content (AvgIpc) is 2.79. The fraction of sp³-hybridized carbons (Fsp3) is 0.500. The van der Waals surface area contributed by atoms with Crippen molar-refractivity contribution in [2.45, 2.75) is 71.3 Å². The van der Waals surface area contributed by atoms with Gasteiger partial charge in [0.05, 0.1) is 19.3 Å². The van der Waals surface area contributed by atoms with Gasteiger partial charge in [0.2, 0.25) is 0 Å². The van der Waals surface area contributed by atoms with E-state index in [-0.39, 0.29) is 0 Å². The maximum Gasteiger partial charge on any atom is 0.338 e. The summed E-state index contributed by atoms with van der Waals surface area (Å²) in [7, 11) is 1.38. The Kier molecular flexibility index (Phi) is 11.5. The summed E-state index contributed by atoms with van der Waals surface area (Å²) in [6, 6.07) is 15.2. The summed E-state index contributed by atoms with van der Waals surface area (Å²) < 4.78 is 16.6. The summed E-state index contributed by atoms with van der Waals surface area (Å²) in [5.41, 5.74) is 1.50. The SMILES string of the molecule is CCCCCCCCCCCOc1cc(OCc2ccccc2)cc(C(=O)OC)c1. The molecule has 0 saturated carbocycles. The predicted octanol–water partition coefficient (Wildman–Crippen LogP) is 6.96. The highest BCUT2D eigenvalue weighted by Crippen LogP contribution is 2.25. The first kappa shape index (κ1) is 23.8. The minimum absolute atomic E-state index is 0.395. The van der Waals surface area contributed by atoms with Crippen LogP contribution < -0.4 is 9.47 Å². The van der Waals surface area contributed by atoms with Gasteiger partial charge < -0.3 is 14.2 Å². The normalized spacial score (nSPS) is 10.6. The minimum Gasteiger partial charge on any atom is -0.493 e. The van der Waals surface area contributed by atoms with Gasteiger partial charge in [-0.05, 0) is 24.1 Å². The van der Waals surface area contributed by atoms with Crippen LogP contribution in [0, 0.1) is 0 Å². The minimum atomic E-state index is -0.395. The molecule has 0 amide bonds. The van der Waals surface area contributed by atoms with Crippen LogP contribution in [0.3, 0.4) is 0 Å². The molecule has 0 aliphatic rings. The van der Waals surface area contributed by atoms with E-state index in [0.29, 0.717) is 30.3 Å². The van der Waals surface area contributed by atoms with Crippen molar-refractivity contribution in [3.05, 3.63) is 59.7 Å². The van der Waals surface area contributed by atoms with E-state index in [1.165, 1.54) is 58.5 Å². The number of methoxy groups -OCH3 is 1. The third-order valence-electron chi connectivity index (χ3n) is 5.07. The standard InChI is InChI=1S/C26H36O4/c1-3-4-5-6-7-8-9-10-14-17-29-24-18-23(26(27)28-2)19-25(20-24)30-21-22-15-12-11-13-16-22/h11-13,15-16,18-20H,3-10,14,17,21H2,1-2H3. The maximum atomic E-state index is 12.0. The molecule has 2 aromatic carbocycles. The largest absolute Gasteiger partial charge is 0.493 e. The summed E-state index contributed by atoms with van der Waals surface area (Å²) in [6.45, 7) is 3.32.